The molecule has 0 unspecified atom stereocenters. The van der Waals surface area contributed by atoms with Gasteiger partial charge in [-0.2, -0.15) is 9.78 Å². The lowest BCUT2D eigenvalue weighted by Crippen LogP contribution is -2.21. The lowest BCUT2D eigenvalue weighted by atomic mass is 10.2. The molecule has 174 valence electrons. The topological polar surface area (TPSA) is 113 Å². The Bertz CT molecular complexity index is 1690. The number of primary amides is 1. The summed E-state index contributed by atoms with van der Waals surface area (Å²) < 4.78 is 13.4. The van der Waals surface area contributed by atoms with Crippen LogP contribution in [0.1, 0.15) is 5.56 Å². The Balaban J connectivity index is 1.68. The molecule has 0 aliphatic carbocycles. The van der Waals surface area contributed by atoms with Gasteiger partial charge >= 0.3 is 0 Å². The third-order valence-electron chi connectivity index (χ3n) is 5.11. The second-order valence-electron chi connectivity index (χ2n) is 7.54. The number of carbonyl (C=O) groups excluding carboxylic acids is 1. The quantitative estimate of drug-likeness (QED) is 0.299. The summed E-state index contributed by atoms with van der Waals surface area (Å²) in [5.74, 6) is 0.323. The first-order valence-corrected chi connectivity index (χ1v) is 11.5. The summed E-state index contributed by atoms with van der Waals surface area (Å²) >= 11 is 9.53. The van der Waals surface area contributed by atoms with Crippen LogP contribution in [0.15, 0.2) is 85.5 Å². The molecule has 0 radical (unpaired) electrons. The first kappa shape index (κ1) is 22.8. The van der Waals surface area contributed by atoms with E-state index in [-0.39, 0.29) is 18.0 Å². The molecule has 35 heavy (non-hydrogen) atoms. The van der Waals surface area contributed by atoms with Crippen LogP contribution in [0.4, 0.5) is 0 Å². The van der Waals surface area contributed by atoms with Crippen LogP contribution in [0.3, 0.4) is 0 Å². The van der Waals surface area contributed by atoms with Crippen molar-refractivity contribution < 1.29 is 13.9 Å². The van der Waals surface area contributed by atoms with Crippen LogP contribution < -0.4 is 16.0 Å². The Morgan fingerprint density at radius 2 is 2.00 bits per heavy atom. The van der Waals surface area contributed by atoms with Crippen molar-refractivity contribution in [3.05, 3.63) is 92.1 Å². The number of fused-ring (bicyclic) bond motifs is 2. The number of amides is 1. The normalized spacial score (nSPS) is 11.5. The summed E-state index contributed by atoms with van der Waals surface area (Å²) in [6.45, 7) is -0.299. The van der Waals surface area contributed by atoms with Crippen molar-refractivity contribution in [3.8, 4) is 17.3 Å². The van der Waals surface area contributed by atoms with E-state index >= 15 is 0 Å². The minimum atomic E-state index is -0.613. The molecule has 5 rings (SSSR count). The number of rotatable bonds is 6. The summed E-state index contributed by atoms with van der Waals surface area (Å²) in [4.78, 5) is 29.3. The van der Waals surface area contributed by atoms with Crippen molar-refractivity contribution in [1.29, 1.82) is 0 Å². The number of hydrogen-bond acceptors (Lipinski definition) is 6. The number of hydrogen-bond donors (Lipinski definition) is 1. The first-order valence-electron chi connectivity index (χ1n) is 10.4. The van der Waals surface area contributed by atoms with E-state index in [4.69, 9.17) is 26.5 Å². The Morgan fingerprint density at radius 1 is 1.17 bits per heavy atom. The summed E-state index contributed by atoms with van der Waals surface area (Å²) in [6.07, 6.45) is 1.45. The Morgan fingerprint density at radius 3 is 2.83 bits per heavy atom. The molecule has 1 amide bonds. The standard InChI is InChI=1S/C25H16BrClN4O4/c26-16-5-7-20(34-13-23(28)32)15(9-16)12-29-31-24(30-19-4-2-1-3-18(19)25(31)33)22-11-14-10-17(27)6-8-21(14)35-22/h1-12H,13H2,(H2,28,32). The van der Waals surface area contributed by atoms with Crippen molar-refractivity contribution >= 4 is 61.5 Å². The van der Waals surface area contributed by atoms with E-state index in [2.05, 4.69) is 26.0 Å². The van der Waals surface area contributed by atoms with E-state index in [1.807, 2.05) is 0 Å². The number of aromatic nitrogens is 2. The minimum Gasteiger partial charge on any atom is -0.483 e. The van der Waals surface area contributed by atoms with E-state index in [1.54, 1.807) is 66.7 Å². The predicted molar refractivity (Wildman–Crippen MR) is 138 cm³/mol. The van der Waals surface area contributed by atoms with Crippen LogP contribution in [0, 0.1) is 0 Å². The van der Waals surface area contributed by atoms with Gasteiger partial charge in [-0.05, 0) is 54.6 Å². The highest BCUT2D eigenvalue weighted by Crippen LogP contribution is 2.29. The zero-order valence-electron chi connectivity index (χ0n) is 17.9. The van der Waals surface area contributed by atoms with Crippen molar-refractivity contribution in [2.75, 3.05) is 6.61 Å². The molecule has 0 fully saturated rings. The second kappa shape index (κ2) is 9.36. The summed E-state index contributed by atoms with van der Waals surface area (Å²) in [7, 11) is 0. The van der Waals surface area contributed by atoms with Gasteiger partial charge in [0.15, 0.2) is 12.4 Å². The number of nitrogens with zero attached hydrogens (tertiary/aromatic N) is 3. The highest BCUT2D eigenvalue weighted by molar-refractivity contribution is 9.10. The van der Waals surface area contributed by atoms with Crippen molar-refractivity contribution in [2.45, 2.75) is 0 Å². The van der Waals surface area contributed by atoms with Gasteiger partial charge in [-0.15, -0.1) is 0 Å². The Hall–Kier alpha value is -3.95. The number of benzene rings is 3. The Labute approximate surface area is 211 Å². The fourth-order valence-electron chi connectivity index (χ4n) is 3.54. The fraction of sp³-hybridized carbons (Fsp3) is 0.0400. The highest BCUT2D eigenvalue weighted by atomic mass is 79.9. The van der Waals surface area contributed by atoms with Crippen LogP contribution in [0.5, 0.6) is 5.75 Å². The van der Waals surface area contributed by atoms with Gasteiger partial charge in [0.25, 0.3) is 11.5 Å². The predicted octanol–water partition coefficient (Wildman–Crippen LogP) is 4.97. The zero-order valence-corrected chi connectivity index (χ0v) is 20.3. The number of nitrogens with two attached hydrogens (primary N) is 1. The number of ether oxygens (including phenoxy) is 1. The molecule has 2 heterocycles. The molecular weight excluding hydrogens is 536 g/mol. The average molecular weight is 552 g/mol. The van der Waals surface area contributed by atoms with Crippen molar-refractivity contribution in [1.82, 2.24) is 9.66 Å². The van der Waals surface area contributed by atoms with E-state index in [0.717, 1.165) is 9.86 Å². The summed E-state index contributed by atoms with van der Waals surface area (Å²) in [5, 5.41) is 6.15. The molecule has 0 aliphatic rings. The third-order valence-corrected chi connectivity index (χ3v) is 5.83. The van der Waals surface area contributed by atoms with Gasteiger partial charge in [0, 0.05) is 20.4 Å². The van der Waals surface area contributed by atoms with Crippen molar-refractivity contribution in [3.63, 3.8) is 0 Å². The molecule has 3 aromatic carbocycles. The molecular formula is C25H16BrClN4O4. The first-order chi connectivity index (χ1) is 16.9. The lowest BCUT2D eigenvalue weighted by molar-refractivity contribution is -0.119. The van der Waals surface area contributed by atoms with Crippen LogP contribution in [-0.2, 0) is 4.79 Å². The van der Waals surface area contributed by atoms with Gasteiger partial charge in [-0.3, -0.25) is 9.59 Å². The van der Waals surface area contributed by atoms with Gasteiger partial charge < -0.3 is 14.9 Å². The second-order valence-corrected chi connectivity index (χ2v) is 8.90. The lowest BCUT2D eigenvalue weighted by Gasteiger charge is -2.09. The van der Waals surface area contributed by atoms with Crippen LogP contribution in [0.2, 0.25) is 5.02 Å². The molecule has 8 nitrogen and oxygen atoms in total. The monoisotopic (exact) mass is 550 g/mol. The van der Waals surface area contributed by atoms with Crippen molar-refractivity contribution in [2.24, 2.45) is 10.8 Å². The van der Waals surface area contributed by atoms with Gasteiger partial charge in [0.2, 0.25) is 5.82 Å². The molecule has 0 saturated heterocycles. The average Bonchev–Trinajstić information content (AvgIpc) is 3.25. The summed E-state index contributed by atoms with van der Waals surface area (Å²) in [5.41, 5.74) is 6.44. The maximum atomic E-state index is 13.4. The highest BCUT2D eigenvalue weighted by Gasteiger charge is 2.17. The maximum Gasteiger partial charge on any atom is 0.282 e. The van der Waals surface area contributed by atoms with Crippen LogP contribution in [-0.4, -0.2) is 28.4 Å². The van der Waals surface area contributed by atoms with Gasteiger partial charge in [0.05, 0.1) is 17.1 Å². The summed E-state index contributed by atoms with van der Waals surface area (Å²) in [6, 6.07) is 19.1. The molecule has 0 aliphatic heterocycles. The Kier molecular flexibility index (Phi) is 6.10. The largest absolute Gasteiger partial charge is 0.483 e. The molecule has 5 aromatic rings. The van der Waals surface area contributed by atoms with E-state index in [1.165, 1.54) is 10.9 Å². The van der Waals surface area contributed by atoms with E-state index in [0.29, 0.717) is 38.6 Å². The van der Waals surface area contributed by atoms with Crippen LogP contribution >= 0.6 is 27.5 Å². The fourth-order valence-corrected chi connectivity index (χ4v) is 4.09. The SMILES string of the molecule is NC(=O)COc1ccc(Br)cc1C=Nn1c(-c2cc3cc(Cl)ccc3o2)nc2ccccc2c1=O. The van der Waals surface area contributed by atoms with Crippen LogP contribution in [0.25, 0.3) is 33.5 Å². The van der Waals surface area contributed by atoms with E-state index < -0.39 is 5.91 Å². The molecule has 0 spiro atoms. The van der Waals surface area contributed by atoms with E-state index in [9.17, 15) is 9.59 Å². The third kappa shape index (κ3) is 4.68. The molecule has 0 bridgehead atoms. The number of para-hydroxylation sites is 1. The number of carbonyl (C=O) groups is 1. The smallest absolute Gasteiger partial charge is 0.282 e. The number of furan rings is 1. The molecule has 10 heteroatoms. The zero-order chi connectivity index (χ0) is 24.5. The molecule has 2 N–H and O–H groups in total. The van der Waals surface area contributed by atoms with Gasteiger partial charge in [-0.25, -0.2) is 4.98 Å². The maximum absolute atomic E-state index is 13.4. The number of halogens is 2. The molecule has 0 saturated carbocycles. The molecule has 2 aromatic heterocycles. The van der Waals surface area contributed by atoms with Gasteiger partial charge in [0.1, 0.15) is 11.3 Å². The van der Waals surface area contributed by atoms with Gasteiger partial charge in [-0.1, -0.05) is 39.7 Å². The minimum absolute atomic E-state index is 0.215. The molecule has 0 atom stereocenters.